The van der Waals surface area contributed by atoms with Crippen LogP contribution in [0.5, 0.6) is 0 Å². The number of hydrogen-bond donors (Lipinski definition) is 0. The van der Waals surface area contributed by atoms with Crippen molar-refractivity contribution in [3.05, 3.63) is 30.6 Å². The quantitative estimate of drug-likeness (QED) is 0.731. The minimum Gasteiger partial charge on any atom is -0.340 e. The van der Waals surface area contributed by atoms with E-state index in [0.717, 1.165) is 10.7 Å². The van der Waals surface area contributed by atoms with Crippen LogP contribution in [0.15, 0.2) is 35.7 Å². The van der Waals surface area contributed by atoms with Gasteiger partial charge in [0.05, 0.1) is 42.4 Å². The highest BCUT2D eigenvalue weighted by Crippen LogP contribution is 2.18. The largest absolute Gasteiger partial charge is 0.340 e. The van der Waals surface area contributed by atoms with Crippen molar-refractivity contribution in [3.8, 4) is 12.1 Å². The normalized spacial score (nSPS) is 10.1. The van der Waals surface area contributed by atoms with E-state index in [1.54, 1.807) is 11.1 Å². The Labute approximate surface area is 133 Å². The highest BCUT2D eigenvalue weighted by Gasteiger charge is 2.14. The minimum atomic E-state index is -0.0804. The number of carbonyl (C=O) groups is 1. The zero-order valence-electron chi connectivity index (χ0n) is 12.0. The van der Waals surface area contributed by atoms with Gasteiger partial charge in [-0.05, 0) is 12.1 Å². The molecule has 0 unspecified atom stereocenters. The summed E-state index contributed by atoms with van der Waals surface area (Å²) in [5.74, 6) is 0.161. The summed E-state index contributed by atoms with van der Waals surface area (Å²) < 4.78 is 1.92. The summed E-state index contributed by atoms with van der Waals surface area (Å²) in [6, 6.07) is 9.84. The molecule has 0 spiro atoms. The molecule has 0 aliphatic carbocycles. The fraction of sp³-hybridized carbons (Fsp3) is 0.333. The number of thioether (sulfide) groups is 1. The summed E-state index contributed by atoms with van der Waals surface area (Å²) in [5, 5.41) is 18.1. The van der Waals surface area contributed by atoms with Crippen molar-refractivity contribution in [2.45, 2.75) is 18.0 Å². The maximum Gasteiger partial charge on any atom is 0.233 e. The fourth-order valence-electron chi connectivity index (χ4n) is 1.97. The lowest BCUT2D eigenvalue weighted by Crippen LogP contribution is -2.34. The number of hydrogen-bond acceptors (Lipinski definition) is 5. The van der Waals surface area contributed by atoms with Crippen LogP contribution in [0.3, 0.4) is 0 Å². The van der Waals surface area contributed by atoms with Crippen LogP contribution in [-0.4, -0.2) is 39.0 Å². The third-order valence-corrected chi connectivity index (χ3v) is 4.02. The van der Waals surface area contributed by atoms with E-state index in [0.29, 0.717) is 13.1 Å². The van der Waals surface area contributed by atoms with E-state index in [9.17, 15) is 4.79 Å². The maximum absolute atomic E-state index is 12.2. The number of aromatic nitrogens is 2. The first-order valence-electron chi connectivity index (χ1n) is 6.83. The Morgan fingerprint density at radius 1 is 1.27 bits per heavy atom. The number of imidazole rings is 1. The first-order valence-corrected chi connectivity index (χ1v) is 7.81. The molecular weight excluding hydrogens is 298 g/mol. The van der Waals surface area contributed by atoms with Crippen LogP contribution in [0.4, 0.5) is 0 Å². The Kier molecular flexibility index (Phi) is 5.81. The SMILES string of the molecule is N#CCCN(CCC#N)C(=O)CSc1ncc2ccccn12. The Balaban J connectivity index is 1.97. The molecule has 0 N–H and O–H groups in total. The molecule has 22 heavy (non-hydrogen) atoms. The average molecular weight is 313 g/mol. The second kappa shape index (κ2) is 8.06. The minimum absolute atomic E-state index is 0.0804. The lowest BCUT2D eigenvalue weighted by Gasteiger charge is -2.19. The van der Waals surface area contributed by atoms with Crippen molar-refractivity contribution in [1.82, 2.24) is 14.3 Å². The maximum atomic E-state index is 12.2. The van der Waals surface area contributed by atoms with Crippen LogP contribution in [0.1, 0.15) is 12.8 Å². The first-order chi connectivity index (χ1) is 10.8. The van der Waals surface area contributed by atoms with Gasteiger partial charge in [-0.15, -0.1) is 0 Å². The molecule has 0 saturated carbocycles. The molecule has 2 rings (SSSR count). The summed E-state index contributed by atoms with van der Waals surface area (Å²) in [6.07, 6.45) is 4.20. The smallest absolute Gasteiger partial charge is 0.233 e. The molecule has 6 nitrogen and oxygen atoms in total. The molecule has 0 aliphatic rings. The molecule has 2 heterocycles. The van der Waals surface area contributed by atoms with Gasteiger partial charge >= 0.3 is 0 Å². The number of rotatable bonds is 7. The second-order valence-electron chi connectivity index (χ2n) is 4.52. The lowest BCUT2D eigenvalue weighted by molar-refractivity contribution is -0.128. The Hall–Kier alpha value is -2.51. The van der Waals surface area contributed by atoms with Gasteiger partial charge in [0.25, 0.3) is 0 Å². The van der Waals surface area contributed by atoms with Crippen molar-refractivity contribution in [1.29, 1.82) is 10.5 Å². The van der Waals surface area contributed by atoms with Crippen molar-refractivity contribution < 1.29 is 4.79 Å². The van der Waals surface area contributed by atoms with Gasteiger partial charge in [-0.3, -0.25) is 9.20 Å². The van der Waals surface area contributed by atoms with Gasteiger partial charge in [0.2, 0.25) is 5.91 Å². The van der Waals surface area contributed by atoms with Crippen LogP contribution in [0.25, 0.3) is 5.52 Å². The van der Waals surface area contributed by atoms with E-state index in [1.165, 1.54) is 11.8 Å². The van der Waals surface area contributed by atoms with Crippen molar-refractivity contribution in [3.63, 3.8) is 0 Å². The molecule has 0 radical (unpaired) electrons. The molecule has 112 valence electrons. The average Bonchev–Trinajstić information content (AvgIpc) is 2.96. The third kappa shape index (κ3) is 4.00. The number of pyridine rings is 1. The van der Waals surface area contributed by atoms with Crippen LogP contribution < -0.4 is 0 Å². The van der Waals surface area contributed by atoms with E-state index in [1.807, 2.05) is 40.9 Å². The number of nitriles is 2. The molecule has 2 aromatic heterocycles. The van der Waals surface area contributed by atoms with Crippen molar-refractivity contribution in [2.24, 2.45) is 0 Å². The molecule has 0 saturated heterocycles. The topological polar surface area (TPSA) is 85.2 Å². The van der Waals surface area contributed by atoms with E-state index >= 15 is 0 Å². The van der Waals surface area contributed by atoms with E-state index in [-0.39, 0.29) is 24.5 Å². The Bertz CT molecular complexity index is 709. The lowest BCUT2D eigenvalue weighted by atomic mass is 10.3. The summed E-state index contributed by atoms with van der Waals surface area (Å²) in [4.78, 5) is 18.1. The molecular formula is C15H15N5OS. The van der Waals surface area contributed by atoms with E-state index in [4.69, 9.17) is 10.5 Å². The molecule has 0 aromatic carbocycles. The highest BCUT2D eigenvalue weighted by atomic mass is 32.2. The van der Waals surface area contributed by atoms with Crippen LogP contribution in [-0.2, 0) is 4.79 Å². The second-order valence-corrected chi connectivity index (χ2v) is 5.46. The van der Waals surface area contributed by atoms with Gasteiger partial charge in [-0.25, -0.2) is 4.98 Å². The number of carbonyl (C=O) groups excluding carboxylic acids is 1. The predicted octanol–water partition coefficient (Wildman–Crippen LogP) is 2.08. The van der Waals surface area contributed by atoms with Gasteiger partial charge in [0.15, 0.2) is 5.16 Å². The third-order valence-electron chi connectivity index (χ3n) is 3.07. The molecule has 1 amide bonds. The van der Waals surface area contributed by atoms with Gasteiger partial charge < -0.3 is 4.90 Å². The van der Waals surface area contributed by atoms with Crippen molar-refractivity contribution >= 4 is 23.2 Å². The van der Waals surface area contributed by atoms with Gasteiger partial charge in [0, 0.05) is 19.3 Å². The number of amides is 1. The molecule has 0 atom stereocenters. The summed E-state index contributed by atoms with van der Waals surface area (Å²) in [7, 11) is 0. The van der Waals surface area contributed by atoms with Gasteiger partial charge in [-0.1, -0.05) is 17.8 Å². The van der Waals surface area contributed by atoms with Gasteiger partial charge in [0.1, 0.15) is 0 Å². The molecule has 0 fully saturated rings. The standard InChI is InChI=1S/C15H15N5OS/c16-6-3-8-19(9-4-7-17)14(21)12-22-15-18-11-13-5-1-2-10-20(13)15/h1-2,5,10-11H,3-4,8-9,12H2. The Morgan fingerprint density at radius 3 is 2.68 bits per heavy atom. The summed E-state index contributed by atoms with van der Waals surface area (Å²) >= 11 is 1.35. The number of fused-ring (bicyclic) bond motifs is 1. The first kappa shape index (κ1) is 15.9. The van der Waals surface area contributed by atoms with Gasteiger partial charge in [-0.2, -0.15) is 10.5 Å². The number of nitrogens with zero attached hydrogens (tertiary/aromatic N) is 5. The van der Waals surface area contributed by atoms with Crippen LogP contribution >= 0.6 is 11.8 Å². The van der Waals surface area contributed by atoms with Crippen molar-refractivity contribution in [2.75, 3.05) is 18.8 Å². The molecule has 2 aromatic rings. The molecule has 0 bridgehead atoms. The Morgan fingerprint density at radius 2 is 2.00 bits per heavy atom. The zero-order chi connectivity index (χ0) is 15.8. The monoisotopic (exact) mass is 313 g/mol. The van der Waals surface area contributed by atoms with Crippen LogP contribution in [0.2, 0.25) is 0 Å². The van der Waals surface area contributed by atoms with Crippen LogP contribution in [0, 0.1) is 22.7 Å². The zero-order valence-corrected chi connectivity index (χ0v) is 12.8. The van der Waals surface area contributed by atoms with E-state index in [2.05, 4.69) is 4.98 Å². The summed E-state index contributed by atoms with van der Waals surface area (Å²) in [6.45, 7) is 0.722. The fourth-order valence-corrected chi connectivity index (χ4v) is 2.84. The molecule has 0 aliphatic heterocycles. The summed E-state index contributed by atoms with van der Waals surface area (Å²) in [5.41, 5.74) is 0.975. The molecule has 7 heteroatoms. The predicted molar refractivity (Wildman–Crippen MR) is 83.0 cm³/mol. The highest BCUT2D eigenvalue weighted by molar-refractivity contribution is 7.99. The van der Waals surface area contributed by atoms with E-state index < -0.39 is 0 Å².